The molecule has 1 atom stereocenters. The zero-order chi connectivity index (χ0) is 11.5. The molecule has 0 saturated heterocycles. The lowest BCUT2D eigenvalue weighted by Gasteiger charge is -2.16. The monoisotopic (exact) mass is 215 g/mol. The Kier molecular flexibility index (Phi) is 10.4. The van der Waals surface area contributed by atoms with Crippen molar-refractivity contribution in [3.63, 3.8) is 0 Å². The molecule has 0 heterocycles. The summed E-state index contributed by atoms with van der Waals surface area (Å²) in [5.74, 6) is 0.635. The van der Waals surface area contributed by atoms with Crippen LogP contribution in [0.1, 0.15) is 53.4 Å². The minimum Gasteiger partial charge on any atom is -0.378 e. The van der Waals surface area contributed by atoms with Gasteiger partial charge in [0, 0.05) is 6.61 Å². The van der Waals surface area contributed by atoms with E-state index < -0.39 is 0 Å². The lowest BCUT2D eigenvalue weighted by molar-refractivity contribution is 0.0332. The lowest BCUT2D eigenvalue weighted by atomic mass is 10.1. The molecular weight excluding hydrogens is 186 g/mol. The molecule has 0 fully saturated rings. The molecule has 0 bridgehead atoms. The largest absolute Gasteiger partial charge is 0.378 e. The second-order valence-electron chi connectivity index (χ2n) is 4.63. The second kappa shape index (κ2) is 10.4. The van der Waals surface area contributed by atoms with Gasteiger partial charge in [-0.15, -0.1) is 0 Å². The number of hydrogen-bond donors (Lipinski definition) is 1. The average molecular weight is 215 g/mol. The van der Waals surface area contributed by atoms with Crippen LogP contribution >= 0.6 is 0 Å². The van der Waals surface area contributed by atoms with E-state index in [9.17, 15) is 0 Å². The quantitative estimate of drug-likeness (QED) is 0.565. The van der Waals surface area contributed by atoms with Gasteiger partial charge < -0.3 is 10.1 Å². The van der Waals surface area contributed by atoms with E-state index in [1.165, 1.54) is 25.7 Å². The van der Waals surface area contributed by atoms with E-state index in [2.05, 4.69) is 33.0 Å². The van der Waals surface area contributed by atoms with Gasteiger partial charge in [-0.2, -0.15) is 0 Å². The molecule has 0 aromatic heterocycles. The van der Waals surface area contributed by atoms with Gasteiger partial charge in [0.05, 0.1) is 6.10 Å². The molecule has 0 aromatic rings. The van der Waals surface area contributed by atoms with Crippen LogP contribution < -0.4 is 5.32 Å². The van der Waals surface area contributed by atoms with Gasteiger partial charge >= 0.3 is 0 Å². The van der Waals surface area contributed by atoms with Gasteiger partial charge in [-0.3, -0.25) is 0 Å². The van der Waals surface area contributed by atoms with E-state index in [4.69, 9.17) is 4.74 Å². The van der Waals surface area contributed by atoms with Crippen LogP contribution in [0.5, 0.6) is 0 Å². The first-order chi connectivity index (χ1) is 7.18. The van der Waals surface area contributed by atoms with E-state index >= 15 is 0 Å². The summed E-state index contributed by atoms with van der Waals surface area (Å²) in [6.07, 6.45) is 5.39. The molecule has 0 amide bonds. The normalized spacial score (nSPS) is 13.4. The summed E-state index contributed by atoms with van der Waals surface area (Å²) in [6.45, 7) is 12.0. The van der Waals surface area contributed by atoms with E-state index in [1.807, 2.05) is 0 Å². The third-order valence-corrected chi connectivity index (χ3v) is 2.74. The highest BCUT2D eigenvalue weighted by atomic mass is 16.5. The van der Waals surface area contributed by atoms with Crippen LogP contribution in [-0.4, -0.2) is 25.8 Å². The fourth-order valence-corrected chi connectivity index (χ4v) is 1.29. The fraction of sp³-hybridized carbons (Fsp3) is 1.00. The maximum absolute atomic E-state index is 5.71. The Bertz CT molecular complexity index is 126. The molecule has 0 radical (unpaired) electrons. The Labute approximate surface area is 95.8 Å². The van der Waals surface area contributed by atoms with Gasteiger partial charge in [-0.1, -0.05) is 20.8 Å². The SMILES string of the molecule is CCCNCCCCCOC(C)C(C)C. The first kappa shape index (κ1) is 14.9. The molecule has 0 aromatic carbocycles. The Morgan fingerprint density at radius 3 is 2.33 bits per heavy atom. The van der Waals surface area contributed by atoms with Crippen LogP contribution in [0, 0.1) is 5.92 Å². The first-order valence-electron chi connectivity index (χ1n) is 6.50. The number of ether oxygens (including phenoxy) is 1. The molecule has 0 rings (SSSR count). The van der Waals surface area contributed by atoms with Gasteiger partial charge in [-0.05, 0) is 51.6 Å². The zero-order valence-corrected chi connectivity index (χ0v) is 11.0. The third-order valence-electron chi connectivity index (χ3n) is 2.74. The molecule has 0 aliphatic rings. The first-order valence-corrected chi connectivity index (χ1v) is 6.50. The molecule has 1 N–H and O–H groups in total. The van der Waals surface area contributed by atoms with Crippen molar-refractivity contribution < 1.29 is 4.74 Å². The van der Waals surface area contributed by atoms with Gasteiger partial charge in [-0.25, -0.2) is 0 Å². The predicted molar refractivity (Wildman–Crippen MR) is 67.3 cm³/mol. The molecule has 1 unspecified atom stereocenters. The van der Waals surface area contributed by atoms with Crippen molar-refractivity contribution in [3.05, 3.63) is 0 Å². The summed E-state index contributed by atoms with van der Waals surface area (Å²) in [6, 6.07) is 0. The van der Waals surface area contributed by atoms with Crippen LogP contribution in [0.3, 0.4) is 0 Å². The minimum atomic E-state index is 0.406. The summed E-state index contributed by atoms with van der Waals surface area (Å²) < 4.78 is 5.71. The summed E-state index contributed by atoms with van der Waals surface area (Å²) in [5, 5.41) is 3.41. The zero-order valence-electron chi connectivity index (χ0n) is 11.0. The fourth-order valence-electron chi connectivity index (χ4n) is 1.29. The van der Waals surface area contributed by atoms with Crippen molar-refractivity contribution in [2.24, 2.45) is 5.92 Å². The number of rotatable bonds is 10. The molecule has 0 aliphatic carbocycles. The van der Waals surface area contributed by atoms with Gasteiger partial charge in [0.2, 0.25) is 0 Å². The predicted octanol–water partition coefficient (Wildman–Crippen LogP) is 3.22. The third kappa shape index (κ3) is 10.2. The minimum absolute atomic E-state index is 0.406. The molecule has 0 spiro atoms. The average Bonchev–Trinajstić information content (AvgIpc) is 2.21. The van der Waals surface area contributed by atoms with Gasteiger partial charge in [0.25, 0.3) is 0 Å². The molecule has 2 nitrogen and oxygen atoms in total. The molecule has 92 valence electrons. The molecule has 0 saturated carbocycles. The molecule has 2 heteroatoms. The number of nitrogens with one attached hydrogen (secondary N) is 1. The number of hydrogen-bond acceptors (Lipinski definition) is 2. The highest BCUT2D eigenvalue weighted by Crippen LogP contribution is 2.06. The summed E-state index contributed by atoms with van der Waals surface area (Å²) in [5.41, 5.74) is 0. The lowest BCUT2D eigenvalue weighted by Crippen LogP contribution is -2.17. The maximum atomic E-state index is 5.71. The van der Waals surface area contributed by atoms with Crippen LogP contribution in [0.15, 0.2) is 0 Å². The van der Waals surface area contributed by atoms with Crippen molar-refractivity contribution in [1.82, 2.24) is 5.32 Å². The topological polar surface area (TPSA) is 21.3 Å². The van der Waals surface area contributed by atoms with Gasteiger partial charge in [0.1, 0.15) is 0 Å². The molecule has 0 aliphatic heterocycles. The van der Waals surface area contributed by atoms with Crippen molar-refractivity contribution in [2.45, 2.75) is 59.5 Å². The Morgan fingerprint density at radius 1 is 1.00 bits per heavy atom. The van der Waals surface area contributed by atoms with Crippen LogP contribution in [0.4, 0.5) is 0 Å². The second-order valence-corrected chi connectivity index (χ2v) is 4.63. The molecule has 15 heavy (non-hydrogen) atoms. The van der Waals surface area contributed by atoms with E-state index in [0.717, 1.165) is 19.7 Å². The smallest absolute Gasteiger partial charge is 0.0569 e. The Hall–Kier alpha value is -0.0800. The van der Waals surface area contributed by atoms with E-state index in [-0.39, 0.29) is 0 Å². The highest BCUT2D eigenvalue weighted by Gasteiger charge is 2.05. The van der Waals surface area contributed by atoms with Gasteiger partial charge in [0.15, 0.2) is 0 Å². The summed E-state index contributed by atoms with van der Waals surface area (Å²) in [4.78, 5) is 0. The van der Waals surface area contributed by atoms with E-state index in [0.29, 0.717) is 12.0 Å². The van der Waals surface area contributed by atoms with Crippen molar-refractivity contribution in [1.29, 1.82) is 0 Å². The maximum Gasteiger partial charge on any atom is 0.0569 e. The molecular formula is C13H29NO. The Balaban J connectivity index is 3.05. The van der Waals surface area contributed by atoms with Crippen molar-refractivity contribution in [2.75, 3.05) is 19.7 Å². The number of unbranched alkanes of at least 4 members (excludes halogenated alkanes) is 2. The van der Waals surface area contributed by atoms with Crippen LogP contribution in [-0.2, 0) is 4.74 Å². The van der Waals surface area contributed by atoms with Crippen LogP contribution in [0.2, 0.25) is 0 Å². The summed E-state index contributed by atoms with van der Waals surface area (Å²) >= 11 is 0. The van der Waals surface area contributed by atoms with Crippen molar-refractivity contribution >= 4 is 0 Å². The van der Waals surface area contributed by atoms with E-state index in [1.54, 1.807) is 0 Å². The summed E-state index contributed by atoms with van der Waals surface area (Å²) in [7, 11) is 0. The highest BCUT2D eigenvalue weighted by molar-refractivity contribution is 4.54. The van der Waals surface area contributed by atoms with Crippen LogP contribution in [0.25, 0.3) is 0 Å². The van der Waals surface area contributed by atoms with Crippen molar-refractivity contribution in [3.8, 4) is 0 Å². The standard InChI is InChI=1S/C13H29NO/c1-5-9-14-10-7-6-8-11-15-13(4)12(2)3/h12-14H,5-11H2,1-4H3. The Morgan fingerprint density at radius 2 is 1.73 bits per heavy atom.